The summed E-state index contributed by atoms with van der Waals surface area (Å²) in [4.78, 5) is -0.368. The average Bonchev–Trinajstić information content (AvgIpc) is 2.41. The number of sulfone groups is 1. The van der Waals surface area contributed by atoms with Crippen LogP contribution in [0.15, 0.2) is 29.2 Å². The Morgan fingerprint density at radius 2 is 1.85 bits per heavy atom. The Kier molecular flexibility index (Phi) is 4.59. The summed E-state index contributed by atoms with van der Waals surface area (Å²) in [6.45, 7) is 0. The van der Waals surface area contributed by atoms with Crippen LogP contribution < -0.4 is 11.1 Å². The Balaban J connectivity index is 2.29. The summed E-state index contributed by atoms with van der Waals surface area (Å²) in [5, 5.41) is 3.02. The van der Waals surface area contributed by atoms with E-state index in [0.29, 0.717) is 0 Å². The van der Waals surface area contributed by atoms with Crippen molar-refractivity contribution in [3.8, 4) is 0 Å². The van der Waals surface area contributed by atoms with Gasteiger partial charge in [-0.2, -0.15) is 8.78 Å². The fraction of sp³-hybridized carbons (Fsp3) is 0.538. The fourth-order valence-corrected chi connectivity index (χ4v) is 3.36. The van der Waals surface area contributed by atoms with E-state index in [0.717, 1.165) is 25.7 Å². The molecule has 0 spiro atoms. The third-order valence-corrected chi connectivity index (χ3v) is 5.03. The number of nitrogens with one attached hydrogen (secondary N) is 1. The van der Waals surface area contributed by atoms with Crippen LogP contribution in [-0.4, -0.2) is 26.3 Å². The minimum atomic E-state index is -4.61. The second kappa shape index (κ2) is 6.05. The zero-order valence-corrected chi connectivity index (χ0v) is 11.7. The first-order valence-corrected chi connectivity index (χ1v) is 8.11. The van der Waals surface area contributed by atoms with Crippen LogP contribution in [0.1, 0.15) is 25.7 Å². The Bertz CT molecular complexity index is 563. The van der Waals surface area contributed by atoms with Crippen molar-refractivity contribution >= 4 is 15.5 Å². The lowest BCUT2D eigenvalue weighted by molar-refractivity contribution is 0.235. The number of para-hydroxylation sites is 1. The molecule has 0 bridgehead atoms. The van der Waals surface area contributed by atoms with Crippen molar-refractivity contribution < 1.29 is 17.2 Å². The summed E-state index contributed by atoms with van der Waals surface area (Å²) in [5.41, 5.74) is 6.19. The zero-order chi connectivity index (χ0) is 14.8. The molecular weight excluding hydrogens is 286 g/mol. The van der Waals surface area contributed by atoms with E-state index < -0.39 is 15.6 Å². The molecular formula is C13H18F2N2O2S. The first kappa shape index (κ1) is 15.2. The van der Waals surface area contributed by atoms with Crippen LogP contribution in [0, 0.1) is 0 Å². The molecule has 1 aromatic rings. The van der Waals surface area contributed by atoms with Gasteiger partial charge in [0.1, 0.15) is 0 Å². The third kappa shape index (κ3) is 3.09. The number of halogens is 2. The normalized spacial score (nSPS) is 23.8. The highest BCUT2D eigenvalue weighted by molar-refractivity contribution is 7.91. The number of rotatable bonds is 4. The number of hydrogen-bond acceptors (Lipinski definition) is 4. The molecule has 2 rings (SSSR count). The molecule has 0 aliphatic heterocycles. The Hall–Kier alpha value is -1.21. The van der Waals surface area contributed by atoms with Crippen molar-refractivity contribution in [1.29, 1.82) is 0 Å². The minimum absolute atomic E-state index is 0.0854. The first-order valence-electron chi connectivity index (χ1n) is 6.56. The van der Waals surface area contributed by atoms with Crippen LogP contribution in [0.2, 0.25) is 0 Å². The van der Waals surface area contributed by atoms with Crippen molar-refractivity contribution in [3.05, 3.63) is 24.3 Å². The molecule has 0 aromatic heterocycles. The standard InChI is InChI=1S/C13H18F2N2O2S/c14-13(15)20(18,19)12-8-4-3-7-11(12)17-10-6-2-1-5-9(10)16/h3-4,7-10,13,17H,1-2,5-6,16H2. The molecule has 0 saturated heterocycles. The number of alkyl halides is 2. The molecule has 0 radical (unpaired) electrons. The molecule has 1 aromatic carbocycles. The van der Waals surface area contributed by atoms with Gasteiger partial charge >= 0.3 is 5.76 Å². The predicted molar refractivity (Wildman–Crippen MR) is 73.5 cm³/mol. The molecule has 0 heterocycles. The lowest BCUT2D eigenvalue weighted by Gasteiger charge is -2.30. The largest absolute Gasteiger partial charge is 0.380 e. The predicted octanol–water partition coefficient (Wildman–Crippen LogP) is 2.36. The number of anilines is 1. The first-order chi connectivity index (χ1) is 9.43. The van der Waals surface area contributed by atoms with E-state index in [1.165, 1.54) is 18.2 Å². The smallest absolute Gasteiger partial charge is 0.341 e. The second-order valence-electron chi connectivity index (χ2n) is 5.00. The van der Waals surface area contributed by atoms with Gasteiger partial charge in [-0.25, -0.2) is 8.42 Å². The van der Waals surface area contributed by atoms with Gasteiger partial charge in [-0.3, -0.25) is 0 Å². The van der Waals surface area contributed by atoms with Gasteiger partial charge in [0.25, 0.3) is 0 Å². The van der Waals surface area contributed by atoms with Gasteiger partial charge in [-0.15, -0.1) is 0 Å². The van der Waals surface area contributed by atoms with Crippen molar-refractivity contribution in [2.75, 3.05) is 5.32 Å². The highest BCUT2D eigenvalue weighted by Gasteiger charge is 2.30. The van der Waals surface area contributed by atoms with E-state index in [1.807, 2.05) is 0 Å². The highest BCUT2D eigenvalue weighted by Crippen LogP contribution is 2.28. The molecule has 1 aliphatic rings. The van der Waals surface area contributed by atoms with Gasteiger partial charge in [0.15, 0.2) is 0 Å². The van der Waals surface area contributed by atoms with Gasteiger partial charge < -0.3 is 11.1 Å². The van der Waals surface area contributed by atoms with E-state index in [4.69, 9.17) is 5.73 Å². The highest BCUT2D eigenvalue weighted by atomic mass is 32.2. The van der Waals surface area contributed by atoms with Crippen LogP contribution in [0.4, 0.5) is 14.5 Å². The summed E-state index contributed by atoms with van der Waals surface area (Å²) in [5.74, 6) is -3.43. The van der Waals surface area contributed by atoms with Gasteiger partial charge in [-0.1, -0.05) is 25.0 Å². The van der Waals surface area contributed by atoms with E-state index in [1.54, 1.807) is 6.07 Å². The second-order valence-corrected chi connectivity index (χ2v) is 6.89. The molecule has 1 saturated carbocycles. The van der Waals surface area contributed by atoms with Gasteiger partial charge in [0.2, 0.25) is 9.84 Å². The van der Waals surface area contributed by atoms with Crippen LogP contribution in [-0.2, 0) is 9.84 Å². The third-order valence-electron chi connectivity index (χ3n) is 3.59. The van der Waals surface area contributed by atoms with Crippen molar-refractivity contribution in [3.63, 3.8) is 0 Å². The van der Waals surface area contributed by atoms with Crippen LogP contribution in [0.25, 0.3) is 0 Å². The fourth-order valence-electron chi connectivity index (χ4n) is 2.47. The maximum Gasteiger partial charge on any atom is 0.341 e. The van der Waals surface area contributed by atoms with Gasteiger partial charge in [0, 0.05) is 12.1 Å². The molecule has 112 valence electrons. The summed E-state index contributed by atoms with van der Waals surface area (Å²) in [6, 6.07) is 5.56. The SMILES string of the molecule is NC1CCCCC1Nc1ccccc1S(=O)(=O)C(F)F. The maximum atomic E-state index is 12.7. The number of nitrogens with two attached hydrogens (primary N) is 1. The Labute approximate surface area is 117 Å². The molecule has 0 amide bonds. The molecule has 7 heteroatoms. The zero-order valence-electron chi connectivity index (χ0n) is 10.9. The van der Waals surface area contributed by atoms with Crippen LogP contribution >= 0.6 is 0 Å². The van der Waals surface area contributed by atoms with E-state index >= 15 is 0 Å². The maximum absolute atomic E-state index is 12.7. The van der Waals surface area contributed by atoms with Gasteiger partial charge in [-0.05, 0) is 25.0 Å². The number of benzene rings is 1. The topological polar surface area (TPSA) is 72.2 Å². The summed E-state index contributed by atoms with van der Waals surface area (Å²) in [6.07, 6.45) is 3.69. The van der Waals surface area contributed by atoms with Crippen molar-refractivity contribution in [2.24, 2.45) is 5.73 Å². The summed E-state index contributed by atoms with van der Waals surface area (Å²) >= 11 is 0. The van der Waals surface area contributed by atoms with Gasteiger partial charge in [0.05, 0.1) is 10.6 Å². The Morgan fingerprint density at radius 1 is 1.20 bits per heavy atom. The molecule has 2 atom stereocenters. The van der Waals surface area contributed by atoms with Crippen LogP contribution in [0.3, 0.4) is 0 Å². The van der Waals surface area contributed by atoms with Crippen LogP contribution in [0.5, 0.6) is 0 Å². The quantitative estimate of drug-likeness (QED) is 0.895. The lowest BCUT2D eigenvalue weighted by Crippen LogP contribution is -2.42. The molecule has 2 unspecified atom stereocenters. The monoisotopic (exact) mass is 304 g/mol. The van der Waals surface area contributed by atoms with E-state index in [9.17, 15) is 17.2 Å². The van der Waals surface area contributed by atoms with Crippen molar-refractivity contribution in [2.45, 2.75) is 48.4 Å². The lowest BCUT2D eigenvalue weighted by atomic mass is 9.91. The molecule has 3 N–H and O–H groups in total. The number of hydrogen-bond donors (Lipinski definition) is 2. The minimum Gasteiger partial charge on any atom is -0.380 e. The molecule has 20 heavy (non-hydrogen) atoms. The molecule has 1 fully saturated rings. The summed E-state index contributed by atoms with van der Waals surface area (Å²) < 4.78 is 48.7. The average molecular weight is 304 g/mol. The molecule has 1 aliphatic carbocycles. The van der Waals surface area contributed by atoms with E-state index in [2.05, 4.69) is 5.32 Å². The van der Waals surface area contributed by atoms with E-state index in [-0.39, 0.29) is 22.7 Å². The summed E-state index contributed by atoms with van der Waals surface area (Å²) in [7, 11) is -4.61. The van der Waals surface area contributed by atoms with Crippen molar-refractivity contribution in [1.82, 2.24) is 0 Å². The molecule has 4 nitrogen and oxygen atoms in total. The Morgan fingerprint density at radius 3 is 2.50 bits per heavy atom.